The number of carbonyl (C=O) groups excluding carboxylic acids is 2. The van der Waals surface area contributed by atoms with Gasteiger partial charge in [-0.05, 0) is 52.9 Å². The molecule has 0 unspecified atom stereocenters. The van der Waals surface area contributed by atoms with Crippen LogP contribution < -0.4 is 11.1 Å². The molecule has 3 heterocycles. The van der Waals surface area contributed by atoms with Gasteiger partial charge in [0.1, 0.15) is 12.6 Å². The van der Waals surface area contributed by atoms with E-state index in [1.807, 2.05) is 18.2 Å². The van der Waals surface area contributed by atoms with E-state index in [2.05, 4.69) is 20.8 Å². The summed E-state index contributed by atoms with van der Waals surface area (Å²) in [6, 6.07) is 5.82. The third kappa shape index (κ3) is 3.75. The van der Waals surface area contributed by atoms with Gasteiger partial charge in [-0.2, -0.15) is 0 Å². The van der Waals surface area contributed by atoms with Crippen LogP contribution in [0.2, 0.25) is 0 Å². The molecule has 27 heavy (non-hydrogen) atoms. The van der Waals surface area contributed by atoms with Gasteiger partial charge in [0.15, 0.2) is 0 Å². The highest BCUT2D eigenvalue weighted by Gasteiger charge is 2.25. The van der Waals surface area contributed by atoms with Crippen LogP contribution in [0, 0.1) is 0 Å². The first-order valence-electron chi connectivity index (χ1n) is 8.94. The molecule has 1 fully saturated rings. The van der Waals surface area contributed by atoms with Crippen LogP contribution in [0.15, 0.2) is 18.2 Å². The molecular formula is C17H21N7O3. The minimum Gasteiger partial charge on any atom is -0.368 e. The van der Waals surface area contributed by atoms with Crippen LogP contribution in [0.3, 0.4) is 0 Å². The summed E-state index contributed by atoms with van der Waals surface area (Å²) in [6.07, 6.45) is 2.04. The summed E-state index contributed by atoms with van der Waals surface area (Å²) in [4.78, 5) is 26.5. The summed E-state index contributed by atoms with van der Waals surface area (Å²) in [5, 5.41) is 13.6. The normalized spacial score (nSPS) is 19.0. The van der Waals surface area contributed by atoms with Gasteiger partial charge in [-0.1, -0.05) is 11.2 Å². The van der Waals surface area contributed by atoms with Gasteiger partial charge in [0, 0.05) is 25.4 Å². The van der Waals surface area contributed by atoms with Gasteiger partial charge in [-0.25, -0.2) is 4.68 Å². The van der Waals surface area contributed by atoms with E-state index >= 15 is 0 Å². The minimum atomic E-state index is -0.374. The average Bonchev–Trinajstić information content (AvgIpc) is 3.33. The molecule has 10 heteroatoms. The molecule has 1 aromatic heterocycles. The molecule has 142 valence electrons. The van der Waals surface area contributed by atoms with Gasteiger partial charge < -0.3 is 20.7 Å². The van der Waals surface area contributed by atoms with Crippen LogP contribution in [0.1, 0.15) is 24.0 Å². The number of benzene rings is 1. The van der Waals surface area contributed by atoms with Crippen molar-refractivity contribution in [2.75, 3.05) is 24.2 Å². The highest BCUT2D eigenvalue weighted by atomic mass is 16.5. The van der Waals surface area contributed by atoms with Gasteiger partial charge in [-0.15, -0.1) is 0 Å². The SMILES string of the molecule is Nc1nnnn1CC(=O)N1CCc2ccc(NC(=O)[C@@H]3CCCO3)cc2C1. The minimum absolute atomic E-state index is 0.00358. The third-order valence-electron chi connectivity index (χ3n) is 4.91. The number of amides is 2. The lowest BCUT2D eigenvalue weighted by molar-refractivity contribution is -0.133. The van der Waals surface area contributed by atoms with E-state index in [1.165, 1.54) is 10.2 Å². The Bertz CT molecular complexity index is 860. The zero-order valence-corrected chi connectivity index (χ0v) is 14.8. The second-order valence-corrected chi connectivity index (χ2v) is 6.73. The monoisotopic (exact) mass is 371 g/mol. The number of ether oxygens (including phenoxy) is 1. The second-order valence-electron chi connectivity index (χ2n) is 6.73. The van der Waals surface area contributed by atoms with E-state index < -0.39 is 0 Å². The third-order valence-corrected chi connectivity index (χ3v) is 4.91. The van der Waals surface area contributed by atoms with E-state index in [9.17, 15) is 9.59 Å². The predicted octanol–water partition coefficient (Wildman–Crippen LogP) is -0.0423. The van der Waals surface area contributed by atoms with Crippen LogP contribution in [0.4, 0.5) is 11.6 Å². The molecule has 0 spiro atoms. The predicted molar refractivity (Wildman–Crippen MR) is 95.4 cm³/mol. The van der Waals surface area contributed by atoms with Crippen LogP contribution in [-0.4, -0.2) is 56.2 Å². The Labute approximate surface area is 155 Å². The lowest BCUT2D eigenvalue weighted by Gasteiger charge is -2.29. The molecular weight excluding hydrogens is 350 g/mol. The Balaban J connectivity index is 1.42. The molecule has 2 aromatic rings. The second kappa shape index (κ2) is 7.31. The highest BCUT2D eigenvalue weighted by molar-refractivity contribution is 5.94. The summed E-state index contributed by atoms with van der Waals surface area (Å²) in [7, 11) is 0. The molecule has 0 aliphatic carbocycles. The van der Waals surface area contributed by atoms with Crippen molar-refractivity contribution in [1.82, 2.24) is 25.1 Å². The number of nitrogens with zero attached hydrogens (tertiary/aromatic N) is 5. The molecule has 0 bridgehead atoms. The van der Waals surface area contributed by atoms with Gasteiger partial charge in [0.25, 0.3) is 5.91 Å². The number of nitrogens with two attached hydrogens (primary N) is 1. The zero-order chi connectivity index (χ0) is 18.8. The number of carbonyl (C=O) groups is 2. The van der Waals surface area contributed by atoms with Crippen molar-refractivity contribution in [2.24, 2.45) is 0 Å². The number of hydrogen-bond acceptors (Lipinski definition) is 7. The van der Waals surface area contributed by atoms with Crippen molar-refractivity contribution in [1.29, 1.82) is 0 Å². The van der Waals surface area contributed by atoms with E-state index in [4.69, 9.17) is 10.5 Å². The summed E-state index contributed by atoms with van der Waals surface area (Å²) in [6.45, 7) is 1.73. The summed E-state index contributed by atoms with van der Waals surface area (Å²) in [5.74, 6) is -0.112. The first-order valence-corrected chi connectivity index (χ1v) is 8.94. The smallest absolute Gasteiger partial charge is 0.253 e. The molecule has 1 aromatic carbocycles. The number of hydrogen-bond donors (Lipinski definition) is 2. The van der Waals surface area contributed by atoms with Crippen molar-refractivity contribution in [3.8, 4) is 0 Å². The molecule has 0 radical (unpaired) electrons. The Morgan fingerprint density at radius 3 is 2.96 bits per heavy atom. The van der Waals surface area contributed by atoms with Gasteiger partial charge in [0.2, 0.25) is 11.9 Å². The summed E-state index contributed by atoms with van der Waals surface area (Å²) < 4.78 is 6.69. The quantitative estimate of drug-likeness (QED) is 0.771. The number of rotatable bonds is 4. The zero-order valence-electron chi connectivity index (χ0n) is 14.8. The Morgan fingerprint density at radius 2 is 2.22 bits per heavy atom. The van der Waals surface area contributed by atoms with E-state index in [0.717, 1.165) is 24.8 Å². The highest BCUT2D eigenvalue weighted by Crippen LogP contribution is 2.24. The molecule has 4 rings (SSSR count). The molecule has 0 saturated carbocycles. The maximum Gasteiger partial charge on any atom is 0.253 e. The van der Waals surface area contributed by atoms with Crippen LogP contribution >= 0.6 is 0 Å². The first-order chi connectivity index (χ1) is 13.1. The van der Waals surface area contributed by atoms with Gasteiger partial charge in [0.05, 0.1) is 0 Å². The van der Waals surface area contributed by atoms with E-state index in [0.29, 0.717) is 25.4 Å². The number of tetrazole rings is 1. The van der Waals surface area contributed by atoms with Crippen LogP contribution in [0.25, 0.3) is 0 Å². The fourth-order valence-corrected chi connectivity index (χ4v) is 3.41. The topological polar surface area (TPSA) is 128 Å². The van der Waals surface area contributed by atoms with Crippen molar-refractivity contribution in [3.05, 3.63) is 29.3 Å². The maximum absolute atomic E-state index is 12.5. The van der Waals surface area contributed by atoms with Crippen LogP contribution in [-0.2, 0) is 33.8 Å². The van der Waals surface area contributed by atoms with Crippen molar-refractivity contribution in [3.63, 3.8) is 0 Å². The number of anilines is 2. The van der Waals surface area contributed by atoms with E-state index in [1.54, 1.807) is 4.90 Å². The standard InChI is InChI=1S/C17H21N7O3/c18-17-20-21-22-24(17)10-15(25)23-6-5-11-3-4-13(8-12(11)9-23)19-16(26)14-2-1-7-27-14/h3-4,8,14H,1-2,5-7,9-10H2,(H,19,26)(H2,18,20,22)/t14-/m0/s1. The fraction of sp³-hybridized carbons (Fsp3) is 0.471. The Kier molecular flexibility index (Phi) is 4.71. The van der Waals surface area contributed by atoms with Gasteiger partial charge >= 0.3 is 0 Å². The van der Waals surface area contributed by atoms with Crippen LogP contribution in [0.5, 0.6) is 0 Å². The molecule has 1 atom stereocenters. The molecule has 10 nitrogen and oxygen atoms in total. The largest absolute Gasteiger partial charge is 0.368 e. The van der Waals surface area contributed by atoms with Crippen molar-refractivity contribution >= 4 is 23.5 Å². The van der Waals surface area contributed by atoms with E-state index in [-0.39, 0.29) is 30.4 Å². The number of nitrogens with one attached hydrogen (secondary N) is 1. The molecule has 2 aliphatic rings. The Hall–Kier alpha value is -3.01. The summed E-state index contributed by atoms with van der Waals surface area (Å²) in [5.41, 5.74) is 8.53. The van der Waals surface area contributed by atoms with Crippen molar-refractivity contribution in [2.45, 2.75) is 38.5 Å². The molecule has 1 saturated heterocycles. The molecule has 2 aliphatic heterocycles. The summed E-state index contributed by atoms with van der Waals surface area (Å²) >= 11 is 0. The number of aromatic nitrogens is 4. The van der Waals surface area contributed by atoms with Crippen molar-refractivity contribution < 1.29 is 14.3 Å². The fourth-order valence-electron chi connectivity index (χ4n) is 3.41. The number of fused-ring (bicyclic) bond motifs is 1. The maximum atomic E-state index is 12.5. The lowest BCUT2D eigenvalue weighted by Crippen LogP contribution is -2.38. The lowest BCUT2D eigenvalue weighted by atomic mass is 9.99. The number of nitrogen functional groups attached to an aromatic ring is 1. The van der Waals surface area contributed by atoms with Gasteiger partial charge in [-0.3, -0.25) is 9.59 Å². The molecule has 2 amide bonds. The molecule has 3 N–H and O–H groups in total. The first kappa shape index (κ1) is 17.4. The average molecular weight is 371 g/mol. The Morgan fingerprint density at radius 1 is 1.33 bits per heavy atom.